The molecule has 134 valence electrons. The molecular weight excluding hydrogens is 316 g/mol. The van der Waals surface area contributed by atoms with Gasteiger partial charge >= 0.3 is 6.09 Å². The van der Waals surface area contributed by atoms with Crippen LogP contribution in [0.1, 0.15) is 32.3 Å². The van der Waals surface area contributed by atoms with E-state index in [0.29, 0.717) is 19.6 Å². The molecule has 0 spiro atoms. The number of aromatic nitrogens is 2. The third-order valence-electron chi connectivity index (χ3n) is 4.23. The van der Waals surface area contributed by atoms with Crippen LogP contribution in [0.2, 0.25) is 0 Å². The fourth-order valence-electron chi connectivity index (χ4n) is 2.98. The Hall–Kier alpha value is -2.21. The number of ether oxygens (including phenoxy) is 1. The molecule has 0 N–H and O–H groups in total. The van der Waals surface area contributed by atoms with Gasteiger partial charge in [0.2, 0.25) is 0 Å². The average molecular weight is 342 g/mol. The molecule has 1 aromatic carbocycles. The van der Waals surface area contributed by atoms with Crippen LogP contribution in [0.15, 0.2) is 24.3 Å². The maximum absolute atomic E-state index is 12.1. The summed E-state index contributed by atoms with van der Waals surface area (Å²) in [6.45, 7) is 11.3. The SMILES string of the molecule is Cc1nc(CN2CCN(C(=O)OC(C)(C)C)CC2)nc2ccccc12. The maximum Gasteiger partial charge on any atom is 0.410 e. The second kappa shape index (κ2) is 6.96. The number of aryl methyl sites for hydroxylation is 1. The second-order valence-electron chi connectivity index (χ2n) is 7.49. The minimum Gasteiger partial charge on any atom is -0.444 e. The van der Waals surface area contributed by atoms with Crippen LogP contribution < -0.4 is 0 Å². The molecule has 1 aromatic heterocycles. The fraction of sp³-hybridized carbons (Fsp3) is 0.526. The largest absolute Gasteiger partial charge is 0.444 e. The molecule has 2 aromatic rings. The lowest BCUT2D eigenvalue weighted by atomic mass is 10.2. The first kappa shape index (κ1) is 17.6. The number of hydrogen-bond acceptors (Lipinski definition) is 5. The summed E-state index contributed by atoms with van der Waals surface area (Å²) in [5.41, 5.74) is 1.54. The summed E-state index contributed by atoms with van der Waals surface area (Å²) in [5.74, 6) is 0.835. The van der Waals surface area contributed by atoms with Crippen molar-refractivity contribution in [2.45, 2.75) is 39.8 Å². The number of nitrogens with zero attached hydrogens (tertiary/aromatic N) is 4. The number of hydrogen-bond donors (Lipinski definition) is 0. The Labute approximate surface area is 148 Å². The van der Waals surface area contributed by atoms with E-state index in [1.807, 2.05) is 52.0 Å². The Balaban J connectivity index is 1.60. The molecule has 0 bridgehead atoms. The molecular formula is C19H26N4O2. The lowest BCUT2D eigenvalue weighted by Gasteiger charge is -2.35. The summed E-state index contributed by atoms with van der Waals surface area (Å²) in [6.07, 6.45) is -0.232. The van der Waals surface area contributed by atoms with Crippen molar-refractivity contribution < 1.29 is 9.53 Å². The number of carbonyl (C=O) groups excluding carboxylic acids is 1. The summed E-state index contributed by atoms with van der Waals surface area (Å²) in [7, 11) is 0. The molecule has 1 aliphatic rings. The summed E-state index contributed by atoms with van der Waals surface area (Å²) >= 11 is 0. The van der Waals surface area contributed by atoms with Crippen molar-refractivity contribution in [1.82, 2.24) is 19.8 Å². The van der Waals surface area contributed by atoms with Crippen molar-refractivity contribution in [3.05, 3.63) is 35.8 Å². The van der Waals surface area contributed by atoms with Gasteiger partial charge in [0, 0.05) is 37.3 Å². The van der Waals surface area contributed by atoms with E-state index in [4.69, 9.17) is 4.74 Å². The van der Waals surface area contributed by atoms with Gasteiger partial charge in [-0.2, -0.15) is 0 Å². The van der Waals surface area contributed by atoms with Gasteiger partial charge in [-0.25, -0.2) is 14.8 Å². The molecule has 3 rings (SSSR count). The second-order valence-corrected chi connectivity index (χ2v) is 7.49. The fourth-order valence-corrected chi connectivity index (χ4v) is 2.98. The quantitative estimate of drug-likeness (QED) is 0.840. The Morgan fingerprint density at radius 1 is 1.12 bits per heavy atom. The third-order valence-corrected chi connectivity index (χ3v) is 4.23. The van der Waals surface area contributed by atoms with Crippen LogP contribution in [0.3, 0.4) is 0 Å². The van der Waals surface area contributed by atoms with Crippen molar-refractivity contribution in [3.8, 4) is 0 Å². The van der Waals surface area contributed by atoms with Gasteiger partial charge in [-0.15, -0.1) is 0 Å². The number of rotatable bonds is 2. The first-order chi connectivity index (χ1) is 11.8. The standard InChI is InChI=1S/C19H26N4O2/c1-14-15-7-5-6-8-16(15)21-17(20-14)13-22-9-11-23(12-10-22)18(24)25-19(2,3)4/h5-8H,9-13H2,1-4H3. The van der Waals surface area contributed by atoms with Gasteiger partial charge < -0.3 is 9.64 Å². The van der Waals surface area contributed by atoms with E-state index in [1.54, 1.807) is 4.90 Å². The van der Waals surface area contributed by atoms with Crippen LogP contribution in [0, 0.1) is 6.92 Å². The summed E-state index contributed by atoms with van der Waals surface area (Å²) in [6, 6.07) is 8.08. The molecule has 1 saturated heterocycles. The summed E-state index contributed by atoms with van der Waals surface area (Å²) < 4.78 is 5.44. The maximum atomic E-state index is 12.1. The minimum atomic E-state index is -0.454. The summed E-state index contributed by atoms with van der Waals surface area (Å²) in [5, 5.41) is 1.10. The molecule has 1 aliphatic heterocycles. The minimum absolute atomic E-state index is 0.232. The van der Waals surface area contributed by atoms with Gasteiger partial charge in [0.15, 0.2) is 0 Å². The van der Waals surface area contributed by atoms with Gasteiger partial charge in [-0.1, -0.05) is 18.2 Å². The number of carbonyl (C=O) groups is 1. The molecule has 0 radical (unpaired) electrons. The number of fused-ring (bicyclic) bond motifs is 1. The monoisotopic (exact) mass is 342 g/mol. The van der Waals surface area contributed by atoms with Crippen molar-refractivity contribution in [2.75, 3.05) is 26.2 Å². The Bertz CT molecular complexity index is 762. The molecule has 0 unspecified atom stereocenters. The zero-order chi connectivity index (χ0) is 18.0. The number of para-hydroxylation sites is 1. The lowest BCUT2D eigenvalue weighted by Crippen LogP contribution is -2.49. The number of benzene rings is 1. The highest BCUT2D eigenvalue weighted by atomic mass is 16.6. The van der Waals surface area contributed by atoms with E-state index >= 15 is 0 Å². The van der Waals surface area contributed by atoms with Gasteiger partial charge in [-0.3, -0.25) is 4.90 Å². The Kier molecular flexibility index (Phi) is 4.90. The Morgan fingerprint density at radius 2 is 1.80 bits per heavy atom. The highest BCUT2D eigenvalue weighted by Gasteiger charge is 2.26. The van der Waals surface area contributed by atoms with Crippen molar-refractivity contribution in [1.29, 1.82) is 0 Å². The predicted molar refractivity (Wildman–Crippen MR) is 97.4 cm³/mol. The molecule has 25 heavy (non-hydrogen) atoms. The van der Waals surface area contributed by atoms with Crippen LogP contribution in [0.25, 0.3) is 10.9 Å². The molecule has 6 heteroatoms. The van der Waals surface area contributed by atoms with Crippen molar-refractivity contribution in [3.63, 3.8) is 0 Å². The molecule has 0 atom stereocenters. The van der Waals surface area contributed by atoms with Crippen LogP contribution in [0.5, 0.6) is 0 Å². The number of piperazine rings is 1. The van der Waals surface area contributed by atoms with E-state index in [-0.39, 0.29) is 6.09 Å². The highest BCUT2D eigenvalue weighted by Crippen LogP contribution is 2.16. The highest BCUT2D eigenvalue weighted by molar-refractivity contribution is 5.80. The van der Waals surface area contributed by atoms with E-state index in [9.17, 15) is 4.79 Å². The van der Waals surface area contributed by atoms with Gasteiger partial charge in [-0.05, 0) is 33.8 Å². The zero-order valence-electron chi connectivity index (χ0n) is 15.5. The van der Waals surface area contributed by atoms with Crippen molar-refractivity contribution in [2.24, 2.45) is 0 Å². The van der Waals surface area contributed by atoms with Crippen molar-refractivity contribution >= 4 is 17.0 Å². The molecule has 1 amide bonds. The van der Waals surface area contributed by atoms with E-state index in [1.165, 1.54) is 0 Å². The molecule has 6 nitrogen and oxygen atoms in total. The lowest BCUT2D eigenvalue weighted by molar-refractivity contribution is 0.0137. The van der Waals surface area contributed by atoms with Crippen LogP contribution in [-0.4, -0.2) is 57.6 Å². The molecule has 1 fully saturated rings. The van der Waals surface area contributed by atoms with Gasteiger partial charge in [0.25, 0.3) is 0 Å². The smallest absolute Gasteiger partial charge is 0.410 e. The van der Waals surface area contributed by atoms with Crippen LogP contribution in [-0.2, 0) is 11.3 Å². The molecule has 0 aliphatic carbocycles. The molecule has 0 saturated carbocycles. The van der Waals surface area contributed by atoms with E-state index < -0.39 is 5.60 Å². The zero-order valence-corrected chi connectivity index (χ0v) is 15.5. The predicted octanol–water partition coefficient (Wildman–Crippen LogP) is 2.99. The average Bonchev–Trinajstić information content (AvgIpc) is 2.54. The van der Waals surface area contributed by atoms with E-state index in [0.717, 1.165) is 35.5 Å². The van der Waals surface area contributed by atoms with Crippen LogP contribution in [0.4, 0.5) is 4.79 Å². The number of amides is 1. The summed E-state index contributed by atoms with van der Waals surface area (Å²) in [4.78, 5) is 25.5. The normalized spacial score (nSPS) is 16.2. The topological polar surface area (TPSA) is 58.6 Å². The first-order valence-corrected chi connectivity index (χ1v) is 8.74. The van der Waals surface area contributed by atoms with Crippen LogP contribution >= 0.6 is 0 Å². The Morgan fingerprint density at radius 3 is 2.48 bits per heavy atom. The molecule has 2 heterocycles. The van der Waals surface area contributed by atoms with Gasteiger partial charge in [0.1, 0.15) is 11.4 Å². The van der Waals surface area contributed by atoms with Gasteiger partial charge in [0.05, 0.1) is 12.1 Å². The third kappa shape index (κ3) is 4.45. The van der Waals surface area contributed by atoms with E-state index in [2.05, 4.69) is 14.9 Å². The first-order valence-electron chi connectivity index (χ1n) is 8.74.